The van der Waals surface area contributed by atoms with Crippen molar-refractivity contribution in [3.8, 4) is 0 Å². The number of hydrogen-bond acceptors (Lipinski definition) is 8. The molecule has 3 amide bonds. The predicted octanol–water partition coefficient (Wildman–Crippen LogP) is -2.11. The summed E-state index contributed by atoms with van der Waals surface area (Å²) in [5.41, 5.74) is 9.38. The molecule has 132 valence electrons. The fourth-order valence-corrected chi connectivity index (χ4v) is 1.95. The summed E-state index contributed by atoms with van der Waals surface area (Å²) in [6.45, 7) is -0.422. The van der Waals surface area contributed by atoms with Gasteiger partial charge in [0.1, 0.15) is 11.6 Å². The van der Waals surface area contributed by atoms with Crippen LogP contribution < -0.4 is 22.1 Å². The molecule has 0 bridgehead atoms. The highest BCUT2D eigenvalue weighted by Gasteiger charge is 2.52. The van der Waals surface area contributed by atoms with Gasteiger partial charge >= 0.3 is 12.0 Å². The Morgan fingerprint density at radius 2 is 2.04 bits per heavy atom. The van der Waals surface area contributed by atoms with Crippen molar-refractivity contribution in [3.63, 3.8) is 0 Å². The first kappa shape index (κ1) is 17.6. The van der Waals surface area contributed by atoms with Gasteiger partial charge in [-0.3, -0.25) is 4.79 Å². The smallest absolute Gasteiger partial charge is 0.329 e. The van der Waals surface area contributed by atoms with E-state index in [1.54, 1.807) is 0 Å². The Balaban J connectivity index is 2.08. The maximum atomic E-state index is 12.0. The Morgan fingerprint density at radius 1 is 1.38 bits per heavy atom. The average molecular weight is 342 g/mol. The van der Waals surface area contributed by atoms with Crippen LogP contribution in [0, 0.1) is 0 Å². The first-order chi connectivity index (χ1) is 11.3. The van der Waals surface area contributed by atoms with E-state index < -0.39 is 42.1 Å². The summed E-state index contributed by atoms with van der Waals surface area (Å²) in [4.78, 5) is 38.1. The fourth-order valence-electron chi connectivity index (χ4n) is 1.95. The molecule has 12 nitrogen and oxygen atoms in total. The summed E-state index contributed by atoms with van der Waals surface area (Å²) in [6, 6.07) is -2.75. The number of aliphatic hydroxyl groups is 1. The zero-order chi connectivity index (χ0) is 17.9. The topological polar surface area (TPSA) is 207 Å². The first-order valence-electron chi connectivity index (χ1n) is 7.07. The molecule has 1 fully saturated rings. The molecule has 1 aromatic rings. The summed E-state index contributed by atoms with van der Waals surface area (Å²) in [5.74, 6) is -2.03. The number of nitrogens with one attached hydrogen (secondary N) is 2. The van der Waals surface area contributed by atoms with Gasteiger partial charge in [-0.05, 0) is 12.8 Å². The number of aromatic nitrogens is 2. The van der Waals surface area contributed by atoms with E-state index in [4.69, 9.17) is 26.2 Å². The molecule has 0 aliphatic heterocycles. The number of aliphatic carboxylic acids is 1. The second-order valence-electron chi connectivity index (χ2n) is 5.49. The Hall–Kier alpha value is -2.73. The lowest BCUT2D eigenvalue weighted by Crippen LogP contribution is -2.49. The van der Waals surface area contributed by atoms with Crippen molar-refractivity contribution in [2.45, 2.75) is 36.9 Å². The number of nitrogens with zero attached hydrogens (tertiary/aromatic N) is 2. The molecule has 24 heavy (non-hydrogen) atoms. The summed E-state index contributed by atoms with van der Waals surface area (Å²) in [5, 5.41) is 26.2. The SMILES string of the molecule is NC(=O)C[C@@H](NC(=O)NC1(C(=O)O)CC1)c1nc([C@H](N)CO)no1. The lowest BCUT2D eigenvalue weighted by Gasteiger charge is -2.17. The van der Waals surface area contributed by atoms with Crippen LogP contribution >= 0.6 is 0 Å². The standard InChI is InChI=1S/C12H18N6O6/c13-5(4-19)8-16-9(24-18-8)6(3-7(14)20)15-11(23)17-12(1-2-12)10(21)22/h5-6,19H,1-4,13H2,(H2,14,20)(H,21,22)(H2,15,17,23)/t5-,6-/m1/s1. The molecular weight excluding hydrogens is 324 g/mol. The zero-order valence-electron chi connectivity index (χ0n) is 12.6. The third-order valence-corrected chi connectivity index (χ3v) is 3.51. The van der Waals surface area contributed by atoms with E-state index in [2.05, 4.69) is 20.8 Å². The predicted molar refractivity (Wildman–Crippen MR) is 76.1 cm³/mol. The quantitative estimate of drug-likeness (QED) is 0.305. The van der Waals surface area contributed by atoms with Gasteiger partial charge in [0.2, 0.25) is 11.8 Å². The molecule has 1 saturated carbocycles. The van der Waals surface area contributed by atoms with Crippen molar-refractivity contribution in [2.75, 3.05) is 6.61 Å². The van der Waals surface area contributed by atoms with Crippen molar-refractivity contribution >= 4 is 17.9 Å². The molecular formula is C12H18N6O6. The number of carboxylic acids is 1. The van der Waals surface area contributed by atoms with Gasteiger partial charge in [0, 0.05) is 0 Å². The molecule has 0 spiro atoms. The van der Waals surface area contributed by atoms with Gasteiger partial charge in [0.05, 0.1) is 19.1 Å². The van der Waals surface area contributed by atoms with Gasteiger partial charge in [0.25, 0.3) is 0 Å². The molecule has 0 radical (unpaired) electrons. The average Bonchev–Trinajstić information content (AvgIpc) is 3.12. The minimum Gasteiger partial charge on any atom is -0.480 e. The van der Waals surface area contributed by atoms with E-state index in [-0.39, 0.29) is 18.1 Å². The lowest BCUT2D eigenvalue weighted by molar-refractivity contribution is -0.140. The van der Waals surface area contributed by atoms with Crippen LogP contribution in [0.3, 0.4) is 0 Å². The second-order valence-corrected chi connectivity index (χ2v) is 5.49. The number of carbonyl (C=O) groups is 3. The number of nitrogens with two attached hydrogens (primary N) is 2. The second kappa shape index (κ2) is 6.80. The number of carbonyl (C=O) groups excluding carboxylic acids is 2. The summed E-state index contributed by atoms with van der Waals surface area (Å²) in [7, 11) is 0. The number of hydrogen-bond donors (Lipinski definition) is 6. The molecule has 1 aliphatic carbocycles. The van der Waals surface area contributed by atoms with Crippen molar-refractivity contribution in [3.05, 3.63) is 11.7 Å². The molecule has 0 unspecified atom stereocenters. The Morgan fingerprint density at radius 3 is 2.54 bits per heavy atom. The maximum Gasteiger partial charge on any atom is 0.329 e. The van der Waals surface area contributed by atoms with E-state index in [0.29, 0.717) is 12.8 Å². The molecule has 1 heterocycles. The Labute approximate surface area is 135 Å². The van der Waals surface area contributed by atoms with E-state index >= 15 is 0 Å². The Kier molecular flexibility index (Phi) is 4.99. The van der Waals surface area contributed by atoms with Crippen molar-refractivity contribution in [1.82, 2.24) is 20.8 Å². The van der Waals surface area contributed by atoms with Crippen molar-refractivity contribution in [2.24, 2.45) is 11.5 Å². The third kappa shape index (κ3) is 3.97. The van der Waals surface area contributed by atoms with Gasteiger partial charge in [-0.25, -0.2) is 9.59 Å². The van der Waals surface area contributed by atoms with E-state index in [9.17, 15) is 14.4 Å². The zero-order valence-corrected chi connectivity index (χ0v) is 12.6. The summed E-state index contributed by atoms with van der Waals surface area (Å²) in [6.07, 6.45) is 0.280. The van der Waals surface area contributed by atoms with Gasteiger partial charge in [-0.2, -0.15) is 4.98 Å². The normalized spacial score (nSPS) is 17.6. The molecule has 8 N–H and O–H groups in total. The number of primary amides is 1. The molecule has 2 rings (SSSR count). The highest BCUT2D eigenvalue weighted by molar-refractivity contribution is 5.89. The maximum absolute atomic E-state index is 12.0. The van der Waals surface area contributed by atoms with Gasteiger partial charge in [0.15, 0.2) is 5.82 Å². The van der Waals surface area contributed by atoms with Crippen LogP contribution in [0.25, 0.3) is 0 Å². The van der Waals surface area contributed by atoms with E-state index in [1.807, 2.05) is 0 Å². The minimum atomic E-state index is -1.29. The minimum absolute atomic E-state index is 0.00613. The fraction of sp³-hybridized carbons (Fsp3) is 0.583. The first-order valence-corrected chi connectivity index (χ1v) is 7.07. The van der Waals surface area contributed by atoms with Crippen LogP contribution in [0.15, 0.2) is 4.52 Å². The Bertz CT molecular complexity index is 642. The van der Waals surface area contributed by atoms with Crippen molar-refractivity contribution < 1.29 is 29.1 Å². The highest BCUT2D eigenvalue weighted by atomic mass is 16.5. The van der Waals surface area contributed by atoms with Crippen LogP contribution in [0.4, 0.5) is 4.79 Å². The number of aliphatic hydroxyl groups excluding tert-OH is 1. The number of urea groups is 1. The molecule has 1 aromatic heterocycles. The number of amides is 3. The highest BCUT2D eigenvalue weighted by Crippen LogP contribution is 2.35. The van der Waals surface area contributed by atoms with Crippen LogP contribution in [-0.2, 0) is 9.59 Å². The van der Waals surface area contributed by atoms with E-state index in [1.165, 1.54) is 0 Å². The number of carboxylic acid groups (broad SMARTS) is 1. The lowest BCUT2D eigenvalue weighted by atomic mass is 10.2. The van der Waals surface area contributed by atoms with E-state index in [0.717, 1.165) is 0 Å². The van der Waals surface area contributed by atoms with Gasteiger partial charge < -0.3 is 36.8 Å². The molecule has 12 heteroatoms. The third-order valence-electron chi connectivity index (χ3n) is 3.51. The largest absolute Gasteiger partial charge is 0.480 e. The van der Waals surface area contributed by atoms with Crippen LogP contribution in [-0.4, -0.2) is 50.4 Å². The monoisotopic (exact) mass is 342 g/mol. The van der Waals surface area contributed by atoms with Crippen LogP contribution in [0.2, 0.25) is 0 Å². The van der Waals surface area contributed by atoms with Gasteiger partial charge in [-0.1, -0.05) is 5.16 Å². The molecule has 2 atom stereocenters. The molecule has 0 saturated heterocycles. The van der Waals surface area contributed by atoms with Crippen molar-refractivity contribution in [1.29, 1.82) is 0 Å². The van der Waals surface area contributed by atoms with Crippen LogP contribution in [0.1, 0.15) is 43.1 Å². The molecule has 1 aliphatic rings. The van der Waals surface area contributed by atoms with Gasteiger partial charge in [-0.15, -0.1) is 0 Å². The van der Waals surface area contributed by atoms with Crippen LogP contribution in [0.5, 0.6) is 0 Å². The summed E-state index contributed by atoms with van der Waals surface area (Å²) >= 11 is 0. The number of rotatable bonds is 8. The molecule has 0 aromatic carbocycles. The summed E-state index contributed by atoms with van der Waals surface area (Å²) < 4.78 is 4.93.